The number of amides is 1. The molecule has 0 radical (unpaired) electrons. The highest BCUT2D eigenvalue weighted by molar-refractivity contribution is 5.95. The lowest BCUT2D eigenvalue weighted by Gasteiger charge is -2.20. The minimum absolute atomic E-state index is 0.00981. The molecule has 2 N–H and O–H groups in total. The van der Waals surface area contributed by atoms with E-state index in [1.54, 1.807) is 6.92 Å². The summed E-state index contributed by atoms with van der Waals surface area (Å²) < 4.78 is 0. The molecule has 7 heteroatoms. The molecule has 0 bridgehead atoms. The summed E-state index contributed by atoms with van der Waals surface area (Å²) >= 11 is 0. The molecule has 1 aromatic heterocycles. The van der Waals surface area contributed by atoms with Crippen LogP contribution in [0.2, 0.25) is 0 Å². The van der Waals surface area contributed by atoms with Crippen molar-refractivity contribution < 1.29 is 14.7 Å². The van der Waals surface area contributed by atoms with Crippen molar-refractivity contribution in [3.8, 4) is 0 Å². The zero-order valence-electron chi connectivity index (χ0n) is 9.84. The zero-order valence-corrected chi connectivity index (χ0v) is 9.84. The van der Waals surface area contributed by atoms with E-state index >= 15 is 0 Å². The Hall–Kier alpha value is -2.18. The van der Waals surface area contributed by atoms with Crippen molar-refractivity contribution in [1.29, 1.82) is 0 Å². The molecule has 1 amide bonds. The van der Waals surface area contributed by atoms with E-state index in [1.807, 2.05) is 0 Å². The number of nitrogens with one attached hydrogen (secondary N) is 1. The maximum Gasteiger partial charge on any atom is 0.345 e. The summed E-state index contributed by atoms with van der Waals surface area (Å²) in [6.45, 7) is 2.02. The lowest BCUT2D eigenvalue weighted by Crippen LogP contribution is -2.41. The lowest BCUT2D eigenvalue weighted by atomic mass is 10.2. The first-order chi connectivity index (χ1) is 8.49. The van der Waals surface area contributed by atoms with Crippen LogP contribution in [0.4, 0.5) is 0 Å². The SMILES string of the molecule is Cc1cc(C(=O)N2CCC[C@H]2C(=O)O)nc(=O)[nH]1. The van der Waals surface area contributed by atoms with Crippen LogP contribution in [-0.2, 0) is 4.79 Å². The second kappa shape index (κ2) is 4.59. The van der Waals surface area contributed by atoms with Crippen LogP contribution in [0.15, 0.2) is 10.9 Å². The Bertz CT molecular complexity index is 551. The first kappa shape index (κ1) is 12.3. The van der Waals surface area contributed by atoms with Crippen LogP contribution < -0.4 is 5.69 Å². The summed E-state index contributed by atoms with van der Waals surface area (Å²) in [7, 11) is 0. The summed E-state index contributed by atoms with van der Waals surface area (Å²) in [4.78, 5) is 41.6. The lowest BCUT2D eigenvalue weighted by molar-refractivity contribution is -0.141. The number of hydrogen-bond acceptors (Lipinski definition) is 4. The van der Waals surface area contributed by atoms with Gasteiger partial charge in [0.25, 0.3) is 5.91 Å². The maximum atomic E-state index is 12.1. The van der Waals surface area contributed by atoms with E-state index in [0.29, 0.717) is 25.1 Å². The molecule has 0 aromatic carbocycles. The van der Waals surface area contributed by atoms with Crippen LogP contribution >= 0.6 is 0 Å². The average Bonchev–Trinajstić information content (AvgIpc) is 2.75. The summed E-state index contributed by atoms with van der Waals surface area (Å²) in [5.41, 5.74) is -0.0988. The molecule has 1 aliphatic rings. The normalized spacial score (nSPS) is 18.9. The first-order valence-corrected chi connectivity index (χ1v) is 5.61. The monoisotopic (exact) mass is 251 g/mol. The predicted octanol–water partition coefficient (Wildman–Crippen LogP) is -0.232. The number of carbonyl (C=O) groups excluding carboxylic acids is 1. The van der Waals surface area contributed by atoms with Crippen LogP contribution in [0.1, 0.15) is 29.0 Å². The number of aryl methyl sites for hydroxylation is 1. The third-order valence-corrected chi connectivity index (χ3v) is 2.90. The van der Waals surface area contributed by atoms with Gasteiger partial charge in [-0.05, 0) is 25.8 Å². The molecule has 0 spiro atoms. The fraction of sp³-hybridized carbons (Fsp3) is 0.455. The number of H-pyrrole nitrogens is 1. The molecular weight excluding hydrogens is 238 g/mol. The number of carboxylic acids is 1. The molecule has 18 heavy (non-hydrogen) atoms. The Kier molecular flexibility index (Phi) is 3.14. The Morgan fingerprint density at radius 3 is 2.89 bits per heavy atom. The van der Waals surface area contributed by atoms with Crippen LogP contribution in [0, 0.1) is 6.92 Å². The first-order valence-electron chi connectivity index (χ1n) is 5.61. The van der Waals surface area contributed by atoms with Crippen LogP contribution in [0.5, 0.6) is 0 Å². The van der Waals surface area contributed by atoms with E-state index < -0.39 is 23.6 Å². The van der Waals surface area contributed by atoms with E-state index in [2.05, 4.69) is 9.97 Å². The summed E-state index contributed by atoms with van der Waals surface area (Å²) in [6.07, 6.45) is 1.08. The van der Waals surface area contributed by atoms with Gasteiger partial charge in [0, 0.05) is 12.2 Å². The van der Waals surface area contributed by atoms with E-state index in [9.17, 15) is 14.4 Å². The quantitative estimate of drug-likeness (QED) is 0.755. The number of carbonyl (C=O) groups is 2. The Balaban J connectivity index is 2.30. The molecule has 0 saturated carbocycles. The van der Waals surface area contributed by atoms with Gasteiger partial charge in [0.2, 0.25) is 0 Å². The van der Waals surface area contributed by atoms with Crippen molar-refractivity contribution in [3.05, 3.63) is 27.9 Å². The summed E-state index contributed by atoms with van der Waals surface area (Å²) in [5.74, 6) is -1.53. The second-order valence-electron chi connectivity index (χ2n) is 4.25. The number of aromatic nitrogens is 2. The predicted molar refractivity (Wildman–Crippen MR) is 61.3 cm³/mol. The van der Waals surface area contributed by atoms with Crippen molar-refractivity contribution in [2.24, 2.45) is 0 Å². The third-order valence-electron chi connectivity index (χ3n) is 2.90. The number of carboxylic acid groups (broad SMARTS) is 1. The van der Waals surface area contributed by atoms with Crippen molar-refractivity contribution in [2.45, 2.75) is 25.8 Å². The third kappa shape index (κ3) is 2.24. The molecule has 96 valence electrons. The molecule has 1 aliphatic heterocycles. The Morgan fingerprint density at radius 1 is 1.56 bits per heavy atom. The summed E-state index contributed by atoms with van der Waals surface area (Å²) in [5, 5.41) is 9.01. The smallest absolute Gasteiger partial charge is 0.345 e. The minimum atomic E-state index is -1.03. The summed E-state index contributed by atoms with van der Waals surface area (Å²) in [6, 6.07) is 0.625. The van der Waals surface area contributed by atoms with Gasteiger partial charge in [-0.25, -0.2) is 9.59 Å². The molecule has 0 aliphatic carbocycles. The Labute approximate surface area is 102 Å². The molecular formula is C11H13N3O4. The van der Waals surface area contributed by atoms with Gasteiger partial charge in [-0.15, -0.1) is 0 Å². The van der Waals surface area contributed by atoms with Gasteiger partial charge in [0.15, 0.2) is 0 Å². The van der Waals surface area contributed by atoms with Gasteiger partial charge in [0.05, 0.1) is 0 Å². The number of hydrogen-bond donors (Lipinski definition) is 2. The van der Waals surface area contributed by atoms with E-state index in [1.165, 1.54) is 11.0 Å². The van der Waals surface area contributed by atoms with Crippen LogP contribution in [-0.4, -0.2) is 44.4 Å². The molecule has 0 unspecified atom stereocenters. The average molecular weight is 251 g/mol. The standard InChI is InChI=1S/C11H13N3O4/c1-6-5-7(13-11(18)12-6)9(15)14-4-2-3-8(14)10(16)17/h5,8H,2-4H2,1H3,(H,16,17)(H,12,13,18)/t8-/m0/s1. The fourth-order valence-electron chi connectivity index (χ4n) is 2.10. The van der Waals surface area contributed by atoms with Gasteiger partial charge >= 0.3 is 11.7 Å². The van der Waals surface area contributed by atoms with Gasteiger partial charge in [-0.2, -0.15) is 4.98 Å². The molecule has 1 fully saturated rings. The fourth-order valence-corrected chi connectivity index (χ4v) is 2.10. The number of nitrogens with zero attached hydrogens (tertiary/aromatic N) is 2. The molecule has 1 aromatic rings. The number of likely N-dealkylation sites (tertiary alicyclic amines) is 1. The van der Waals surface area contributed by atoms with E-state index in [0.717, 1.165) is 0 Å². The topological polar surface area (TPSA) is 103 Å². The van der Waals surface area contributed by atoms with Gasteiger partial charge < -0.3 is 15.0 Å². The zero-order chi connectivity index (χ0) is 13.3. The molecule has 2 rings (SSSR count). The highest BCUT2D eigenvalue weighted by Gasteiger charge is 2.35. The second-order valence-corrected chi connectivity index (χ2v) is 4.25. The van der Waals surface area contributed by atoms with Crippen molar-refractivity contribution in [2.75, 3.05) is 6.54 Å². The molecule has 1 saturated heterocycles. The number of aromatic amines is 1. The molecule has 1 atom stereocenters. The van der Waals surface area contributed by atoms with E-state index in [4.69, 9.17) is 5.11 Å². The molecule has 2 heterocycles. The van der Waals surface area contributed by atoms with Crippen molar-refractivity contribution >= 4 is 11.9 Å². The largest absolute Gasteiger partial charge is 0.480 e. The maximum absolute atomic E-state index is 12.1. The van der Waals surface area contributed by atoms with E-state index in [-0.39, 0.29) is 5.69 Å². The number of rotatable bonds is 2. The van der Waals surface area contributed by atoms with Crippen molar-refractivity contribution in [1.82, 2.24) is 14.9 Å². The van der Waals surface area contributed by atoms with Crippen LogP contribution in [0.3, 0.4) is 0 Å². The minimum Gasteiger partial charge on any atom is -0.480 e. The van der Waals surface area contributed by atoms with Gasteiger partial charge in [-0.3, -0.25) is 4.79 Å². The highest BCUT2D eigenvalue weighted by atomic mass is 16.4. The van der Waals surface area contributed by atoms with Gasteiger partial charge in [-0.1, -0.05) is 0 Å². The van der Waals surface area contributed by atoms with Crippen molar-refractivity contribution in [3.63, 3.8) is 0 Å². The van der Waals surface area contributed by atoms with Crippen LogP contribution in [0.25, 0.3) is 0 Å². The number of aliphatic carboxylic acids is 1. The molecule has 7 nitrogen and oxygen atoms in total. The van der Waals surface area contributed by atoms with Gasteiger partial charge in [0.1, 0.15) is 11.7 Å². The Morgan fingerprint density at radius 2 is 2.28 bits per heavy atom. The highest BCUT2D eigenvalue weighted by Crippen LogP contribution is 2.19.